The van der Waals surface area contributed by atoms with Gasteiger partial charge < -0.3 is 14.4 Å². The molecule has 7 nitrogen and oxygen atoms in total. The molecular formula is C24H22N4O3. The molecule has 0 saturated heterocycles. The predicted octanol–water partition coefficient (Wildman–Crippen LogP) is 4.07. The molecule has 2 aromatic heterocycles. The van der Waals surface area contributed by atoms with Gasteiger partial charge in [-0.1, -0.05) is 48.0 Å². The lowest BCUT2D eigenvalue weighted by molar-refractivity contribution is -0.116. The Bertz CT molecular complexity index is 1270. The van der Waals surface area contributed by atoms with Gasteiger partial charge in [0.15, 0.2) is 0 Å². The summed E-state index contributed by atoms with van der Waals surface area (Å²) in [4.78, 5) is 29.1. The summed E-state index contributed by atoms with van der Waals surface area (Å²) in [6, 6.07) is 18.4. The van der Waals surface area contributed by atoms with E-state index in [-0.39, 0.29) is 23.9 Å². The van der Waals surface area contributed by atoms with Crippen LogP contribution in [-0.2, 0) is 17.8 Å². The number of carbonyl (C=O) groups excluding carboxylic acids is 1. The third-order valence-electron chi connectivity index (χ3n) is 4.89. The van der Waals surface area contributed by atoms with Gasteiger partial charge in [-0.05, 0) is 43.2 Å². The second kappa shape index (κ2) is 8.79. The van der Waals surface area contributed by atoms with Crippen LogP contribution in [0, 0.1) is 6.92 Å². The molecule has 0 atom stereocenters. The lowest BCUT2D eigenvalue weighted by atomic mass is 10.1. The van der Waals surface area contributed by atoms with Crippen molar-refractivity contribution in [2.45, 2.75) is 26.8 Å². The summed E-state index contributed by atoms with van der Waals surface area (Å²) >= 11 is 0. The van der Waals surface area contributed by atoms with E-state index in [9.17, 15) is 9.59 Å². The number of aryl methyl sites for hydroxylation is 2. The van der Waals surface area contributed by atoms with E-state index in [1.165, 1.54) is 16.2 Å². The molecule has 2 heterocycles. The van der Waals surface area contributed by atoms with Crippen LogP contribution < -0.4 is 10.9 Å². The number of pyridine rings is 1. The molecule has 0 aliphatic carbocycles. The molecule has 156 valence electrons. The van der Waals surface area contributed by atoms with Crippen LogP contribution in [0.2, 0.25) is 0 Å². The number of carbonyl (C=O) groups is 1. The summed E-state index contributed by atoms with van der Waals surface area (Å²) in [6.07, 6.45) is 2.48. The molecule has 0 spiro atoms. The zero-order valence-electron chi connectivity index (χ0n) is 17.3. The Morgan fingerprint density at radius 3 is 2.61 bits per heavy atom. The maximum absolute atomic E-state index is 12.4. The molecule has 0 aliphatic heterocycles. The Morgan fingerprint density at radius 1 is 1.06 bits per heavy atom. The first-order chi connectivity index (χ1) is 15.0. The number of amides is 1. The average molecular weight is 414 g/mol. The van der Waals surface area contributed by atoms with Gasteiger partial charge in [0, 0.05) is 23.5 Å². The quantitative estimate of drug-likeness (QED) is 0.514. The van der Waals surface area contributed by atoms with Crippen LogP contribution in [0.15, 0.2) is 76.2 Å². The Labute approximate surface area is 179 Å². The standard InChI is InChI=1S/C24H22N4O3/c1-3-17-7-10-20(11-8-17)25-21(29)15-28-14-19(9-12-22(28)30)24-26-23(27-31-24)18-6-4-5-16(2)13-18/h4-14H,3,15H2,1-2H3,(H,25,29). The van der Waals surface area contributed by atoms with E-state index in [1.807, 2.05) is 55.5 Å². The Hall–Kier alpha value is -4.00. The highest BCUT2D eigenvalue weighted by molar-refractivity contribution is 5.90. The molecule has 1 N–H and O–H groups in total. The lowest BCUT2D eigenvalue weighted by Crippen LogP contribution is -2.26. The number of benzene rings is 2. The summed E-state index contributed by atoms with van der Waals surface area (Å²) in [7, 11) is 0. The van der Waals surface area contributed by atoms with Crippen molar-refractivity contribution in [3.05, 3.63) is 88.3 Å². The van der Waals surface area contributed by atoms with Crippen molar-refractivity contribution in [2.24, 2.45) is 0 Å². The Balaban J connectivity index is 1.52. The summed E-state index contributed by atoms with van der Waals surface area (Å²) in [6.45, 7) is 3.94. The number of nitrogens with zero attached hydrogens (tertiary/aromatic N) is 3. The Morgan fingerprint density at radius 2 is 1.87 bits per heavy atom. The smallest absolute Gasteiger partial charge is 0.259 e. The fourth-order valence-corrected chi connectivity index (χ4v) is 3.20. The molecule has 0 unspecified atom stereocenters. The number of aromatic nitrogens is 3. The first-order valence-corrected chi connectivity index (χ1v) is 10.0. The van der Waals surface area contributed by atoms with E-state index >= 15 is 0 Å². The van der Waals surface area contributed by atoms with Crippen molar-refractivity contribution < 1.29 is 9.32 Å². The van der Waals surface area contributed by atoms with Crippen molar-refractivity contribution in [2.75, 3.05) is 5.32 Å². The molecule has 0 fully saturated rings. The van der Waals surface area contributed by atoms with Crippen LogP contribution in [0.1, 0.15) is 18.1 Å². The molecular weight excluding hydrogens is 392 g/mol. The van der Waals surface area contributed by atoms with Crippen LogP contribution in [0.25, 0.3) is 22.8 Å². The molecule has 7 heteroatoms. The highest BCUT2D eigenvalue weighted by atomic mass is 16.5. The van der Waals surface area contributed by atoms with Crippen LogP contribution >= 0.6 is 0 Å². The summed E-state index contributed by atoms with van der Waals surface area (Å²) in [5.74, 6) is 0.444. The van der Waals surface area contributed by atoms with E-state index in [0.717, 1.165) is 17.5 Å². The van der Waals surface area contributed by atoms with E-state index in [2.05, 4.69) is 22.4 Å². The van der Waals surface area contributed by atoms with E-state index < -0.39 is 0 Å². The Kier molecular flexibility index (Phi) is 5.75. The SMILES string of the molecule is CCc1ccc(NC(=O)Cn2cc(-c3nc(-c4cccc(C)c4)no3)ccc2=O)cc1. The summed E-state index contributed by atoms with van der Waals surface area (Å²) in [5, 5.41) is 6.84. The monoisotopic (exact) mass is 414 g/mol. The van der Waals surface area contributed by atoms with Crippen LogP contribution in [0.3, 0.4) is 0 Å². The lowest BCUT2D eigenvalue weighted by Gasteiger charge is -2.08. The molecule has 4 rings (SSSR count). The number of hydrogen-bond acceptors (Lipinski definition) is 5. The molecule has 1 amide bonds. The van der Waals surface area contributed by atoms with Gasteiger partial charge in [-0.25, -0.2) is 0 Å². The maximum atomic E-state index is 12.4. The highest BCUT2D eigenvalue weighted by Gasteiger charge is 2.13. The number of nitrogens with one attached hydrogen (secondary N) is 1. The van der Waals surface area contributed by atoms with Gasteiger partial charge in [-0.3, -0.25) is 9.59 Å². The van der Waals surface area contributed by atoms with Crippen LogP contribution in [0.4, 0.5) is 5.69 Å². The summed E-state index contributed by atoms with van der Waals surface area (Å²) < 4.78 is 6.71. The van der Waals surface area contributed by atoms with Crippen LogP contribution in [-0.4, -0.2) is 20.6 Å². The average Bonchev–Trinajstić information content (AvgIpc) is 3.26. The fourth-order valence-electron chi connectivity index (χ4n) is 3.20. The number of hydrogen-bond donors (Lipinski definition) is 1. The minimum atomic E-state index is -0.297. The van der Waals surface area contributed by atoms with Crippen molar-refractivity contribution in [3.8, 4) is 22.8 Å². The topological polar surface area (TPSA) is 90.0 Å². The van der Waals surface area contributed by atoms with Gasteiger partial charge in [0.1, 0.15) is 6.54 Å². The fraction of sp³-hybridized carbons (Fsp3) is 0.167. The molecule has 0 bridgehead atoms. The second-order valence-electron chi connectivity index (χ2n) is 7.28. The summed E-state index contributed by atoms with van der Waals surface area (Å²) in [5.41, 5.74) is 4.08. The highest BCUT2D eigenvalue weighted by Crippen LogP contribution is 2.22. The minimum absolute atomic E-state index is 0.124. The van der Waals surface area contributed by atoms with Gasteiger partial charge in [0.2, 0.25) is 11.7 Å². The van der Waals surface area contributed by atoms with Gasteiger partial charge in [0.05, 0.1) is 5.56 Å². The van der Waals surface area contributed by atoms with E-state index in [1.54, 1.807) is 12.3 Å². The van der Waals surface area contributed by atoms with Crippen LogP contribution in [0.5, 0.6) is 0 Å². The first kappa shape index (κ1) is 20.3. The first-order valence-electron chi connectivity index (χ1n) is 10.0. The zero-order valence-corrected chi connectivity index (χ0v) is 17.3. The number of anilines is 1. The normalized spacial score (nSPS) is 10.8. The maximum Gasteiger partial charge on any atom is 0.259 e. The van der Waals surface area contributed by atoms with E-state index in [0.29, 0.717) is 17.1 Å². The third-order valence-corrected chi connectivity index (χ3v) is 4.89. The largest absolute Gasteiger partial charge is 0.334 e. The van der Waals surface area contributed by atoms with Crippen molar-refractivity contribution >= 4 is 11.6 Å². The molecule has 4 aromatic rings. The van der Waals surface area contributed by atoms with Crippen molar-refractivity contribution in [1.29, 1.82) is 0 Å². The second-order valence-corrected chi connectivity index (χ2v) is 7.28. The molecule has 0 aliphatic rings. The molecule has 0 saturated carbocycles. The van der Waals surface area contributed by atoms with Gasteiger partial charge in [0.25, 0.3) is 11.4 Å². The molecule has 0 radical (unpaired) electrons. The zero-order chi connectivity index (χ0) is 21.8. The van der Waals surface area contributed by atoms with Crippen molar-refractivity contribution in [1.82, 2.24) is 14.7 Å². The minimum Gasteiger partial charge on any atom is -0.334 e. The predicted molar refractivity (Wildman–Crippen MR) is 119 cm³/mol. The van der Waals surface area contributed by atoms with Gasteiger partial charge >= 0.3 is 0 Å². The van der Waals surface area contributed by atoms with E-state index in [4.69, 9.17) is 4.52 Å². The third kappa shape index (κ3) is 4.78. The molecule has 31 heavy (non-hydrogen) atoms. The van der Waals surface area contributed by atoms with Gasteiger partial charge in [-0.2, -0.15) is 4.98 Å². The van der Waals surface area contributed by atoms with Crippen molar-refractivity contribution in [3.63, 3.8) is 0 Å². The van der Waals surface area contributed by atoms with Gasteiger partial charge in [-0.15, -0.1) is 0 Å². The number of rotatable bonds is 6. The molecule has 2 aromatic carbocycles.